The first-order chi connectivity index (χ1) is 13.2. The van der Waals surface area contributed by atoms with E-state index in [0.717, 1.165) is 25.8 Å². The highest BCUT2D eigenvalue weighted by Gasteiger charge is 2.40. The molecule has 1 aromatic carbocycles. The number of piperidine rings is 2. The minimum absolute atomic E-state index is 0.0295. The van der Waals surface area contributed by atoms with Crippen molar-refractivity contribution < 1.29 is 18.7 Å². The van der Waals surface area contributed by atoms with Gasteiger partial charge in [-0.3, -0.25) is 9.59 Å². The third kappa shape index (κ3) is 3.44. The number of rotatable bonds is 3. The Hall–Kier alpha value is -2.76. The van der Waals surface area contributed by atoms with E-state index in [1.807, 2.05) is 28.0 Å². The number of ether oxygens (including phenoxy) is 1. The van der Waals surface area contributed by atoms with Gasteiger partial charge in [-0.1, -0.05) is 6.07 Å². The van der Waals surface area contributed by atoms with E-state index >= 15 is 0 Å². The van der Waals surface area contributed by atoms with Gasteiger partial charge in [-0.25, -0.2) is 0 Å². The van der Waals surface area contributed by atoms with Crippen LogP contribution in [0.2, 0.25) is 0 Å². The molecule has 4 rings (SSSR count). The zero-order valence-electron chi connectivity index (χ0n) is 15.5. The number of carbonyl (C=O) groups is 2. The van der Waals surface area contributed by atoms with E-state index in [0.29, 0.717) is 36.1 Å². The van der Waals surface area contributed by atoms with E-state index < -0.39 is 0 Å². The molecular formula is C21H24N2O4. The normalized spacial score (nSPS) is 22.3. The molecule has 0 aliphatic carbocycles. The van der Waals surface area contributed by atoms with Gasteiger partial charge < -0.3 is 19.0 Å². The zero-order chi connectivity index (χ0) is 18.8. The van der Waals surface area contributed by atoms with Gasteiger partial charge in [-0.15, -0.1) is 0 Å². The second kappa shape index (κ2) is 7.47. The number of hydrogen-bond donors (Lipinski definition) is 0. The molecule has 1 aromatic heterocycles. The van der Waals surface area contributed by atoms with Crippen molar-refractivity contribution in [1.82, 2.24) is 9.80 Å². The number of nitrogens with zero attached hydrogens (tertiary/aromatic N) is 2. The van der Waals surface area contributed by atoms with Crippen LogP contribution in [0.5, 0.6) is 5.75 Å². The molecule has 2 aliphatic rings. The average Bonchev–Trinajstić information content (AvgIpc) is 3.26. The molecule has 2 aromatic rings. The number of hydrogen-bond acceptors (Lipinski definition) is 4. The van der Waals surface area contributed by atoms with Crippen molar-refractivity contribution in [3.8, 4) is 5.75 Å². The Kier molecular flexibility index (Phi) is 4.88. The monoisotopic (exact) mass is 368 g/mol. The van der Waals surface area contributed by atoms with Gasteiger partial charge in [0.2, 0.25) is 0 Å². The third-order valence-corrected chi connectivity index (χ3v) is 5.66. The molecule has 0 spiro atoms. The summed E-state index contributed by atoms with van der Waals surface area (Å²) in [6, 6.07) is 10.9. The first-order valence-corrected chi connectivity index (χ1v) is 9.45. The van der Waals surface area contributed by atoms with Crippen LogP contribution in [0.4, 0.5) is 0 Å². The summed E-state index contributed by atoms with van der Waals surface area (Å²) >= 11 is 0. The Morgan fingerprint density at radius 3 is 2.78 bits per heavy atom. The van der Waals surface area contributed by atoms with Gasteiger partial charge in [0.25, 0.3) is 11.8 Å². The van der Waals surface area contributed by atoms with Crippen LogP contribution < -0.4 is 4.74 Å². The fraction of sp³-hybridized carbons (Fsp3) is 0.429. The average molecular weight is 368 g/mol. The summed E-state index contributed by atoms with van der Waals surface area (Å²) in [4.78, 5) is 29.5. The van der Waals surface area contributed by atoms with Gasteiger partial charge in [0.05, 0.1) is 13.4 Å². The van der Waals surface area contributed by atoms with Crippen LogP contribution in [0.1, 0.15) is 40.2 Å². The predicted molar refractivity (Wildman–Crippen MR) is 99.8 cm³/mol. The summed E-state index contributed by atoms with van der Waals surface area (Å²) in [7, 11) is 1.60. The lowest BCUT2D eigenvalue weighted by molar-refractivity contribution is 0.0179. The molecule has 0 radical (unpaired) electrons. The lowest BCUT2D eigenvalue weighted by Gasteiger charge is -2.47. The molecule has 3 heterocycles. The summed E-state index contributed by atoms with van der Waals surface area (Å²) in [6.45, 7) is 2.09. The highest BCUT2D eigenvalue weighted by molar-refractivity contribution is 5.95. The van der Waals surface area contributed by atoms with Gasteiger partial charge in [-0.05, 0) is 55.5 Å². The summed E-state index contributed by atoms with van der Waals surface area (Å²) in [6.07, 6.45) is 4.32. The smallest absolute Gasteiger partial charge is 0.289 e. The predicted octanol–water partition coefficient (Wildman–Crippen LogP) is 3.06. The number of amides is 2. The number of methoxy groups -OCH3 is 1. The Bertz CT molecular complexity index is 817. The molecule has 6 nitrogen and oxygen atoms in total. The van der Waals surface area contributed by atoms with Gasteiger partial charge >= 0.3 is 0 Å². The Labute approximate surface area is 158 Å². The molecule has 0 bridgehead atoms. The van der Waals surface area contributed by atoms with E-state index in [9.17, 15) is 9.59 Å². The van der Waals surface area contributed by atoms with Crippen LogP contribution in [0.25, 0.3) is 0 Å². The molecule has 0 unspecified atom stereocenters. The molecule has 0 saturated carbocycles. The number of furan rings is 1. The van der Waals surface area contributed by atoms with Crippen molar-refractivity contribution in [2.45, 2.75) is 25.3 Å². The SMILES string of the molecule is COc1cccc(C(=O)N2CC[C@@H]3[C@H](CCCN3C(=O)c3ccco3)C2)c1. The first-order valence-electron chi connectivity index (χ1n) is 9.45. The maximum Gasteiger partial charge on any atom is 0.289 e. The number of carbonyl (C=O) groups excluding carboxylic acids is 2. The minimum atomic E-state index is -0.0396. The standard InChI is InChI=1S/C21H24N2O4/c1-26-17-7-2-5-15(13-17)20(24)22-11-9-18-16(14-22)6-3-10-23(18)21(25)19-8-4-12-27-19/h2,4-5,7-8,12-13,16,18H,3,6,9-11,14H2,1H3/t16-,18-/m1/s1. The quantitative estimate of drug-likeness (QED) is 0.835. The molecule has 2 amide bonds. The Morgan fingerprint density at radius 2 is 2.00 bits per heavy atom. The Morgan fingerprint density at radius 1 is 1.11 bits per heavy atom. The summed E-state index contributed by atoms with van der Waals surface area (Å²) in [5.41, 5.74) is 0.645. The molecule has 2 fully saturated rings. The fourth-order valence-electron chi connectivity index (χ4n) is 4.32. The molecule has 142 valence electrons. The summed E-state index contributed by atoms with van der Waals surface area (Å²) in [5, 5.41) is 0. The van der Waals surface area contributed by atoms with E-state index in [2.05, 4.69) is 0 Å². The van der Waals surface area contributed by atoms with E-state index in [4.69, 9.17) is 9.15 Å². The van der Waals surface area contributed by atoms with Crippen LogP contribution >= 0.6 is 0 Å². The largest absolute Gasteiger partial charge is 0.497 e. The van der Waals surface area contributed by atoms with Crippen molar-refractivity contribution in [2.75, 3.05) is 26.7 Å². The lowest BCUT2D eigenvalue weighted by atomic mass is 9.83. The number of fused-ring (bicyclic) bond motifs is 1. The number of benzene rings is 1. The van der Waals surface area contributed by atoms with Crippen molar-refractivity contribution in [2.24, 2.45) is 5.92 Å². The van der Waals surface area contributed by atoms with Crippen molar-refractivity contribution >= 4 is 11.8 Å². The summed E-state index contributed by atoms with van der Waals surface area (Å²) < 4.78 is 10.5. The Balaban J connectivity index is 1.47. The molecular weight excluding hydrogens is 344 g/mol. The second-order valence-corrected chi connectivity index (χ2v) is 7.22. The van der Waals surface area contributed by atoms with E-state index in [1.54, 1.807) is 25.3 Å². The van der Waals surface area contributed by atoms with Crippen LogP contribution in [-0.4, -0.2) is 54.4 Å². The maximum atomic E-state index is 12.9. The first kappa shape index (κ1) is 17.6. The highest BCUT2D eigenvalue weighted by Crippen LogP contribution is 2.32. The topological polar surface area (TPSA) is 63.0 Å². The van der Waals surface area contributed by atoms with Crippen LogP contribution in [-0.2, 0) is 0 Å². The van der Waals surface area contributed by atoms with E-state index in [-0.39, 0.29) is 17.9 Å². The van der Waals surface area contributed by atoms with Crippen molar-refractivity contribution in [3.05, 3.63) is 54.0 Å². The molecule has 27 heavy (non-hydrogen) atoms. The molecule has 2 aliphatic heterocycles. The fourth-order valence-corrected chi connectivity index (χ4v) is 4.32. The molecule has 6 heteroatoms. The molecule has 0 N–H and O–H groups in total. The molecule has 2 atom stereocenters. The second-order valence-electron chi connectivity index (χ2n) is 7.22. The van der Waals surface area contributed by atoms with Crippen LogP contribution in [0.3, 0.4) is 0 Å². The van der Waals surface area contributed by atoms with Gasteiger partial charge in [0.15, 0.2) is 5.76 Å². The van der Waals surface area contributed by atoms with Gasteiger partial charge in [0, 0.05) is 31.2 Å². The third-order valence-electron chi connectivity index (χ3n) is 5.66. The minimum Gasteiger partial charge on any atom is -0.497 e. The van der Waals surface area contributed by atoms with Crippen molar-refractivity contribution in [1.29, 1.82) is 0 Å². The number of likely N-dealkylation sites (tertiary alicyclic amines) is 2. The van der Waals surface area contributed by atoms with Crippen LogP contribution in [0.15, 0.2) is 47.1 Å². The maximum absolute atomic E-state index is 12.9. The zero-order valence-corrected chi connectivity index (χ0v) is 15.5. The molecule has 2 saturated heterocycles. The van der Waals surface area contributed by atoms with Gasteiger partial charge in [-0.2, -0.15) is 0 Å². The highest BCUT2D eigenvalue weighted by atomic mass is 16.5. The van der Waals surface area contributed by atoms with Crippen molar-refractivity contribution in [3.63, 3.8) is 0 Å². The van der Waals surface area contributed by atoms with Crippen LogP contribution in [0, 0.1) is 5.92 Å². The van der Waals surface area contributed by atoms with Gasteiger partial charge in [0.1, 0.15) is 5.75 Å². The van der Waals surface area contributed by atoms with E-state index in [1.165, 1.54) is 6.26 Å². The lowest BCUT2D eigenvalue weighted by Crippen LogP contribution is -2.56. The summed E-state index contributed by atoms with van der Waals surface area (Å²) in [5.74, 6) is 1.37.